The molecule has 5 nitrogen and oxygen atoms in total. The average molecular weight is 219 g/mol. The molecule has 0 aliphatic rings. The van der Waals surface area contributed by atoms with Crippen LogP contribution in [0.1, 0.15) is 42.0 Å². The van der Waals surface area contributed by atoms with Crippen molar-refractivity contribution in [2.45, 2.75) is 48.3 Å². The van der Waals surface area contributed by atoms with Crippen LogP contribution in [0.5, 0.6) is 0 Å². The van der Waals surface area contributed by atoms with E-state index >= 15 is 0 Å². The third-order valence-electron chi connectivity index (χ3n) is 1.29. The van der Waals surface area contributed by atoms with Crippen LogP contribution < -0.4 is 0 Å². The van der Waals surface area contributed by atoms with Crippen molar-refractivity contribution in [2.24, 2.45) is 0 Å². The van der Waals surface area contributed by atoms with Crippen LogP contribution in [0.3, 0.4) is 0 Å². The van der Waals surface area contributed by atoms with Gasteiger partial charge >= 0.3 is 0 Å². The zero-order valence-electron chi connectivity index (χ0n) is 9.23. The lowest BCUT2D eigenvalue weighted by atomic mass is 10.4. The molecule has 15 heavy (non-hydrogen) atoms. The van der Waals surface area contributed by atoms with E-state index in [0.29, 0.717) is 0 Å². The van der Waals surface area contributed by atoms with Gasteiger partial charge in [-0.3, -0.25) is 14.4 Å². The summed E-state index contributed by atoms with van der Waals surface area (Å²) in [7, 11) is 0. The molecule has 0 spiro atoms. The Morgan fingerprint density at radius 3 is 1.73 bits per heavy atom. The Kier molecular flexibility index (Phi) is 13.7. The van der Waals surface area contributed by atoms with Crippen LogP contribution in [0, 0.1) is 0 Å². The molecule has 90 valence electrons. The molecule has 0 bridgehead atoms. The minimum atomic E-state index is -0.836. The summed E-state index contributed by atoms with van der Waals surface area (Å²) in [6, 6.07) is 0. The number of nitrogens with zero attached hydrogens (tertiary/aromatic N) is 1. The van der Waals surface area contributed by atoms with E-state index in [1.165, 1.54) is 20.8 Å². The van der Waals surface area contributed by atoms with Gasteiger partial charge in [0, 0.05) is 13.8 Å². The van der Waals surface area contributed by atoms with Gasteiger partial charge in [-0.15, -0.1) is 0 Å². The smallest absolute Gasteiger partial charge is 0.295 e. The Balaban J connectivity index is -0.000000449. The van der Waals surface area contributed by atoms with E-state index in [9.17, 15) is 14.4 Å². The van der Waals surface area contributed by atoms with Gasteiger partial charge in [0.25, 0.3) is 6.47 Å². The van der Waals surface area contributed by atoms with Crippen LogP contribution >= 0.6 is 0 Å². The van der Waals surface area contributed by atoms with Gasteiger partial charge in [0.05, 0.1) is 0 Å². The molecule has 0 heterocycles. The molecule has 0 fully saturated rings. The lowest BCUT2D eigenvalue weighted by Gasteiger charge is -2.22. The minimum absolute atomic E-state index is 0. The standard InChI is InChI=1S/C7H11NO4.C2H6.CH4/c1-5(10)8(6(2)11)7(3)12-4-9;1-2;/h4,7H,1-3H3;1-2H3;1H4. The van der Waals surface area contributed by atoms with Crippen molar-refractivity contribution in [3.63, 3.8) is 0 Å². The van der Waals surface area contributed by atoms with E-state index in [-0.39, 0.29) is 13.9 Å². The predicted molar refractivity (Wildman–Crippen MR) is 57.9 cm³/mol. The first-order valence-electron chi connectivity index (χ1n) is 4.40. The zero-order chi connectivity index (χ0) is 11.7. The normalized spacial score (nSPS) is 9.67. The quantitative estimate of drug-likeness (QED) is 0.534. The molecule has 2 amide bonds. The van der Waals surface area contributed by atoms with Gasteiger partial charge in [0.1, 0.15) is 0 Å². The van der Waals surface area contributed by atoms with Crippen molar-refractivity contribution in [1.29, 1.82) is 0 Å². The minimum Gasteiger partial charge on any atom is -0.444 e. The van der Waals surface area contributed by atoms with Gasteiger partial charge in [-0.25, -0.2) is 4.90 Å². The molecular weight excluding hydrogens is 198 g/mol. The lowest BCUT2D eigenvalue weighted by molar-refractivity contribution is -0.159. The highest BCUT2D eigenvalue weighted by Gasteiger charge is 2.21. The number of hydrogen-bond acceptors (Lipinski definition) is 4. The third kappa shape index (κ3) is 7.66. The van der Waals surface area contributed by atoms with Crippen molar-refractivity contribution >= 4 is 18.3 Å². The lowest BCUT2D eigenvalue weighted by Crippen LogP contribution is -2.41. The fraction of sp³-hybridized carbons (Fsp3) is 0.700. The Morgan fingerprint density at radius 1 is 1.20 bits per heavy atom. The number of hydrogen-bond donors (Lipinski definition) is 0. The molecule has 0 N–H and O–H groups in total. The van der Waals surface area contributed by atoms with Crippen LogP contribution in [-0.2, 0) is 19.1 Å². The third-order valence-corrected chi connectivity index (χ3v) is 1.29. The second kappa shape index (κ2) is 10.7. The molecular formula is C10H21NO4. The van der Waals surface area contributed by atoms with Crippen molar-refractivity contribution < 1.29 is 19.1 Å². The molecule has 1 unspecified atom stereocenters. The number of carbonyl (C=O) groups is 3. The maximum absolute atomic E-state index is 10.8. The molecule has 0 aromatic rings. The van der Waals surface area contributed by atoms with Crippen molar-refractivity contribution in [1.82, 2.24) is 4.90 Å². The molecule has 0 aliphatic heterocycles. The number of ether oxygens (including phenoxy) is 1. The summed E-state index contributed by atoms with van der Waals surface area (Å²) in [5.41, 5.74) is 0. The Bertz CT molecular complexity index is 190. The Labute approximate surface area is 91.4 Å². The van der Waals surface area contributed by atoms with Gasteiger partial charge < -0.3 is 4.74 Å². The van der Waals surface area contributed by atoms with E-state index in [1.807, 2.05) is 13.8 Å². The predicted octanol–water partition coefficient (Wildman–Crippen LogP) is 1.56. The first kappa shape index (κ1) is 19.2. The fourth-order valence-electron chi connectivity index (χ4n) is 0.875. The highest BCUT2D eigenvalue weighted by molar-refractivity contribution is 5.93. The first-order valence-corrected chi connectivity index (χ1v) is 4.40. The van der Waals surface area contributed by atoms with E-state index < -0.39 is 18.0 Å². The summed E-state index contributed by atoms with van der Waals surface area (Å²) in [5, 5.41) is 0. The van der Waals surface area contributed by atoms with Gasteiger partial charge in [-0.2, -0.15) is 0 Å². The number of rotatable bonds is 3. The monoisotopic (exact) mass is 219 g/mol. The van der Waals surface area contributed by atoms with Crippen LogP contribution in [0.15, 0.2) is 0 Å². The van der Waals surface area contributed by atoms with E-state index in [4.69, 9.17) is 0 Å². The highest BCUT2D eigenvalue weighted by atomic mass is 16.5. The van der Waals surface area contributed by atoms with E-state index in [2.05, 4.69) is 4.74 Å². The maximum atomic E-state index is 10.8. The SMILES string of the molecule is C.CC.CC(=O)N(C(C)=O)C(C)OC=O. The van der Waals surface area contributed by atoms with Crippen LogP contribution in [0.25, 0.3) is 0 Å². The van der Waals surface area contributed by atoms with Gasteiger partial charge in [0.2, 0.25) is 11.8 Å². The zero-order valence-corrected chi connectivity index (χ0v) is 9.23. The molecule has 0 aromatic carbocycles. The molecule has 0 saturated carbocycles. The Morgan fingerprint density at radius 2 is 1.53 bits per heavy atom. The Hall–Kier alpha value is -1.39. The molecule has 0 radical (unpaired) electrons. The van der Waals surface area contributed by atoms with Crippen molar-refractivity contribution in [3.05, 3.63) is 0 Å². The van der Waals surface area contributed by atoms with Gasteiger partial charge in [-0.1, -0.05) is 21.3 Å². The molecule has 0 saturated heterocycles. The summed E-state index contributed by atoms with van der Waals surface area (Å²) in [5.74, 6) is -0.895. The summed E-state index contributed by atoms with van der Waals surface area (Å²) in [6.07, 6.45) is -0.836. The fourth-order valence-corrected chi connectivity index (χ4v) is 0.875. The molecule has 0 aromatic heterocycles. The van der Waals surface area contributed by atoms with Crippen LogP contribution in [-0.4, -0.2) is 29.4 Å². The summed E-state index contributed by atoms with van der Waals surface area (Å²) < 4.78 is 4.43. The summed E-state index contributed by atoms with van der Waals surface area (Å²) >= 11 is 0. The molecule has 0 aliphatic carbocycles. The van der Waals surface area contributed by atoms with Crippen molar-refractivity contribution in [3.8, 4) is 0 Å². The number of carbonyl (C=O) groups excluding carboxylic acids is 3. The second-order valence-electron chi connectivity index (χ2n) is 2.24. The molecule has 0 rings (SSSR count). The van der Waals surface area contributed by atoms with Crippen LogP contribution in [0.4, 0.5) is 0 Å². The largest absolute Gasteiger partial charge is 0.444 e. The van der Waals surface area contributed by atoms with Crippen molar-refractivity contribution in [2.75, 3.05) is 0 Å². The van der Waals surface area contributed by atoms with E-state index in [0.717, 1.165) is 4.90 Å². The molecule has 1 atom stereocenters. The molecule has 5 heteroatoms. The maximum Gasteiger partial charge on any atom is 0.295 e. The van der Waals surface area contributed by atoms with E-state index in [1.54, 1.807) is 0 Å². The second-order valence-corrected chi connectivity index (χ2v) is 2.24. The topological polar surface area (TPSA) is 63.7 Å². The number of amides is 2. The van der Waals surface area contributed by atoms with Gasteiger partial charge in [-0.05, 0) is 6.92 Å². The highest BCUT2D eigenvalue weighted by Crippen LogP contribution is 2.00. The average Bonchev–Trinajstić information content (AvgIpc) is 2.06. The summed E-state index contributed by atoms with van der Waals surface area (Å²) in [4.78, 5) is 32.4. The number of imide groups is 1. The van der Waals surface area contributed by atoms with Gasteiger partial charge in [0.15, 0.2) is 6.23 Å². The first-order chi connectivity index (χ1) is 6.50. The van der Waals surface area contributed by atoms with Crippen LogP contribution in [0.2, 0.25) is 0 Å². The summed E-state index contributed by atoms with van der Waals surface area (Å²) in [6.45, 7) is 8.10.